The molecule has 1 amide bonds. The first-order valence-electron chi connectivity index (χ1n) is 8.85. The van der Waals surface area contributed by atoms with Gasteiger partial charge in [0.25, 0.3) is 5.56 Å². The lowest BCUT2D eigenvalue weighted by atomic mass is 10.2. The SMILES string of the molecule is O=C(CCn1nnc2ccccc2c1=O)NCCn1ccc2ccccc21. The molecular formula is C20H19N5O2. The average molecular weight is 361 g/mol. The molecule has 0 aliphatic carbocycles. The molecule has 4 rings (SSSR count). The van der Waals surface area contributed by atoms with Crippen molar-refractivity contribution < 1.29 is 4.79 Å². The van der Waals surface area contributed by atoms with Gasteiger partial charge in [-0.3, -0.25) is 9.59 Å². The van der Waals surface area contributed by atoms with Gasteiger partial charge in [0.2, 0.25) is 5.91 Å². The molecule has 4 aromatic rings. The van der Waals surface area contributed by atoms with Gasteiger partial charge in [-0.2, -0.15) is 0 Å². The Morgan fingerprint density at radius 3 is 2.74 bits per heavy atom. The Morgan fingerprint density at radius 1 is 1.00 bits per heavy atom. The predicted octanol–water partition coefficient (Wildman–Crippen LogP) is 1.95. The van der Waals surface area contributed by atoms with E-state index in [4.69, 9.17) is 0 Å². The van der Waals surface area contributed by atoms with Crippen LogP contribution in [0.2, 0.25) is 0 Å². The molecule has 0 unspecified atom stereocenters. The van der Waals surface area contributed by atoms with Crippen molar-refractivity contribution in [3.8, 4) is 0 Å². The number of aryl methyl sites for hydroxylation is 1. The van der Waals surface area contributed by atoms with E-state index < -0.39 is 0 Å². The number of amides is 1. The largest absolute Gasteiger partial charge is 0.354 e. The average Bonchev–Trinajstić information content (AvgIpc) is 3.11. The number of aromatic nitrogens is 4. The van der Waals surface area contributed by atoms with E-state index in [1.54, 1.807) is 18.2 Å². The summed E-state index contributed by atoms with van der Waals surface area (Å²) in [5.41, 5.74) is 1.47. The van der Waals surface area contributed by atoms with E-state index in [-0.39, 0.29) is 24.4 Å². The van der Waals surface area contributed by atoms with Crippen LogP contribution < -0.4 is 10.9 Å². The number of hydrogen-bond donors (Lipinski definition) is 1. The van der Waals surface area contributed by atoms with E-state index in [0.717, 1.165) is 5.52 Å². The topological polar surface area (TPSA) is 81.8 Å². The fraction of sp³-hybridized carbons (Fsp3) is 0.200. The van der Waals surface area contributed by atoms with Crippen molar-refractivity contribution in [3.05, 3.63) is 71.1 Å². The summed E-state index contributed by atoms with van der Waals surface area (Å²) in [6, 6.07) is 17.2. The zero-order valence-electron chi connectivity index (χ0n) is 14.7. The minimum atomic E-state index is -0.229. The Bertz CT molecular complexity index is 1160. The summed E-state index contributed by atoms with van der Waals surface area (Å²) in [5, 5.41) is 12.5. The van der Waals surface area contributed by atoms with Gasteiger partial charge in [-0.25, -0.2) is 4.68 Å². The standard InChI is InChI=1S/C20H19N5O2/c26-19(21-11-14-24-12-9-15-5-1-4-8-18(15)24)10-13-25-20(27)16-6-2-3-7-17(16)22-23-25/h1-9,12H,10-11,13-14H2,(H,21,26). The van der Waals surface area contributed by atoms with Gasteiger partial charge >= 0.3 is 0 Å². The molecule has 0 spiro atoms. The number of nitrogens with zero attached hydrogens (tertiary/aromatic N) is 4. The molecule has 0 fully saturated rings. The van der Waals surface area contributed by atoms with Crippen molar-refractivity contribution in [1.29, 1.82) is 0 Å². The van der Waals surface area contributed by atoms with E-state index in [2.05, 4.69) is 38.4 Å². The van der Waals surface area contributed by atoms with E-state index in [9.17, 15) is 9.59 Å². The van der Waals surface area contributed by atoms with Gasteiger partial charge in [0.15, 0.2) is 0 Å². The van der Waals surface area contributed by atoms with Crippen LogP contribution in [0.5, 0.6) is 0 Å². The first-order valence-corrected chi connectivity index (χ1v) is 8.85. The molecule has 136 valence electrons. The minimum Gasteiger partial charge on any atom is -0.354 e. The van der Waals surface area contributed by atoms with Crippen LogP contribution in [0.3, 0.4) is 0 Å². The summed E-state index contributed by atoms with van der Waals surface area (Å²) in [5.74, 6) is -0.117. The fourth-order valence-corrected chi connectivity index (χ4v) is 3.12. The van der Waals surface area contributed by atoms with Crippen molar-refractivity contribution in [2.24, 2.45) is 0 Å². The number of carbonyl (C=O) groups is 1. The predicted molar refractivity (Wildman–Crippen MR) is 103 cm³/mol. The first kappa shape index (κ1) is 17.0. The molecule has 2 aromatic heterocycles. The number of fused-ring (bicyclic) bond motifs is 2. The van der Waals surface area contributed by atoms with Gasteiger partial charge < -0.3 is 9.88 Å². The molecule has 0 radical (unpaired) electrons. The van der Waals surface area contributed by atoms with Crippen molar-refractivity contribution in [3.63, 3.8) is 0 Å². The molecule has 0 atom stereocenters. The molecule has 7 heteroatoms. The summed E-state index contributed by atoms with van der Waals surface area (Å²) in [4.78, 5) is 24.5. The Morgan fingerprint density at radius 2 is 1.81 bits per heavy atom. The second-order valence-corrected chi connectivity index (χ2v) is 6.30. The maximum Gasteiger partial charge on any atom is 0.277 e. The Labute approximate surface area is 155 Å². The lowest BCUT2D eigenvalue weighted by molar-refractivity contribution is -0.121. The minimum absolute atomic E-state index is 0.117. The third kappa shape index (κ3) is 3.57. The number of rotatable bonds is 6. The van der Waals surface area contributed by atoms with E-state index in [1.807, 2.05) is 24.4 Å². The third-order valence-electron chi connectivity index (χ3n) is 4.54. The number of benzene rings is 2. The molecule has 2 aromatic carbocycles. The molecule has 0 aliphatic heterocycles. The van der Waals surface area contributed by atoms with Crippen LogP contribution >= 0.6 is 0 Å². The Kier molecular flexibility index (Phi) is 4.65. The second-order valence-electron chi connectivity index (χ2n) is 6.30. The van der Waals surface area contributed by atoms with Crippen LogP contribution in [0.1, 0.15) is 6.42 Å². The highest BCUT2D eigenvalue weighted by Crippen LogP contribution is 2.14. The van der Waals surface area contributed by atoms with Gasteiger partial charge in [-0.15, -0.1) is 5.10 Å². The van der Waals surface area contributed by atoms with Crippen molar-refractivity contribution in [2.75, 3.05) is 6.54 Å². The van der Waals surface area contributed by atoms with Gasteiger partial charge in [0, 0.05) is 31.2 Å². The van der Waals surface area contributed by atoms with Gasteiger partial charge in [-0.1, -0.05) is 35.5 Å². The molecule has 7 nitrogen and oxygen atoms in total. The van der Waals surface area contributed by atoms with E-state index >= 15 is 0 Å². The number of para-hydroxylation sites is 1. The monoisotopic (exact) mass is 361 g/mol. The molecular weight excluding hydrogens is 342 g/mol. The lowest BCUT2D eigenvalue weighted by Gasteiger charge is -2.08. The van der Waals surface area contributed by atoms with E-state index in [1.165, 1.54) is 10.1 Å². The maximum absolute atomic E-state index is 12.4. The molecule has 1 N–H and O–H groups in total. The highest BCUT2D eigenvalue weighted by molar-refractivity contribution is 5.80. The Hall–Kier alpha value is -3.48. The highest BCUT2D eigenvalue weighted by atomic mass is 16.2. The summed E-state index contributed by atoms with van der Waals surface area (Å²) < 4.78 is 3.34. The van der Waals surface area contributed by atoms with Gasteiger partial charge in [-0.05, 0) is 29.7 Å². The number of carbonyl (C=O) groups excluding carboxylic acids is 1. The summed E-state index contributed by atoms with van der Waals surface area (Å²) in [7, 11) is 0. The summed E-state index contributed by atoms with van der Waals surface area (Å²) >= 11 is 0. The normalized spacial score (nSPS) is 11.1. The van der Waals surface area contributed by atoms with Crippen molar-refractivity contribution in [2.45, 2.75) is 19.5 Å². The van der Waals surface area contributed by atoms with Crippen molar-refractivity contribution in [1.82, 2.24) is 24.9 Å². The zero-order chi connectivity index (χ0) is 18.6. The maximum atomic E-state index is 12.4. The van der Waals surface area contributed by atoms with Crippen LogP contribution in [0.25, 0.3) is 21.8 Å². The molecule has 27 heavy (non-hydrogen) atoms. The highest BCUT2D eigenvalue weighted by Gasteiger charge is 2.08. The van der Waals surface area contributed by atoms with E-state index in [0.29, 0.717) is 24.0 Å². The molecule has 0 bridgehead atoms. The molecule has 2 heterocycles. The van der Waals surface area contributed by atoms with Crippen LogP contribution in [-0.4, -0.2) is 32.0 Å². The second kappa shape index (κ2) is 7.41. The molecule has 0 aliphatic rings. The molecule has 0 saturated heterocycles. The van der Waals surface area contributed by atoms with Crippen LogP contribution in [0.15, 0.2) is 65.6 Å². The number of nitrogens with one attached hydrogen (secondary N) is 1. The van der Waals surface area contributed by atoms with Crippen LogP contribution in [0.4, 0.5) is 0 Å². The van der Waals surface area contributed by atoms with Gasteiger partial charge in [0.05, 0.1) is 11.9 Å². The lowest BCUT2D eigenvalue weighted by Crippen LogP contribution is -2.31. The smallest absolute Gasteiger partial charge is 0.277 e. The summed E-state index contributed by atoms with van der Waals surface area (Å²) in [6.45, 7) is 1.42. The van der Waals surface area contributed by atoms with Gasteiger partial charge in [0.1, 0.15) is 5.52 Å². The fourth-order valence-electron chi connectivity index (χ4n) is 3.12. The van der Waals surface area contributed by atoms with Crippen molar-refractivity contribution >= 4 is 27.7 Å². The zero-order valence-corrected chi connectivity index (χ0v) is 14.7. The summed E-state index contributed by atoms with van der Waals surface area (Å²) in [6.07, 6.45) is 2.19. The molecule has 0 saturated carbocycles. The van der Waals surface area contributed by atoms with Crippen LogP contribution in [0, 0.1) is 0 Å². The first-order chi connectivity index (χ1) is 13.2. The third-order valence-corrected chi connectivity index (χ3v) is 4.54. The van der Waals surface area contributed by atoms with Crippen LogP contribution in [-0.2, 0) is 17.9 Å². The Balaban J connectivity index is 1.32. The number of hydrogen-bond acceptors (Lipinski definition) is 4. The quantitative estimate of drug-likeness (QED) is 0.569.